The van der Waals surface area contributed by atoms with Gasteiger partial charge in [0.1, 0.15) is 11.3 Å². The molecule has 12 heteroatoms. The number of hydrogen-bond donors (Lipinski definition) is 2. The zero-order chi connectivity index (χ0) is 37.2. The molecule has 2 aromatic carbocycles. The number of amides is 3. The molecule has 2 saturated heterocycles. The van der Waals surface area contributed by atoms with Crippen LogP contribution in [0.3, 0.4) is 0 Å². The Hall–Kier alpha value is -4.84. The van der Waals surface area contributed by atoms with Crippen molar-refractivity contribution in [2.75, 3.05) is 43.4 Å². The van der Waals surface area contributed by atoms with E-state index in [0.29, 0.717) is 60.1 Å². The lowest BCUT2D eigenvalue weighted by atomic mass is 9.73. The van der Waals surface area contributed by atoms with Gasteiger partial charge in [-0.3, -0.25) is 14.4 Å². The lowest BCUT2D eigenvalue weighted by Crippen LogP contribution is -2.58. The standard InChI is InChI=1S/C41H49FN8O3/c1-24(2)49-23-44-35-22-33(45-38(37(35)49)46-34-21-30(39(52)43-5)25(3)17-32(34)42)27-9-10-31-36(18-27)50(29-19-28(20-29)48-13-7-6-8-14-48)40(53)41(31)11-15-47(16-12-41)26(4)51/h9-10,17-18,21-24,28-29H,6-8,11-16,19-20H2,1-5H3,(H,43,52)(H,45,46). The molecule has 0 atom stereocenters. The fourth-order valence-corrected chi connectivity index (χ4v) is 9.11. The van der Waals surface area contributed by atoms with Crippen molar-refractivity contribution in [3.8, 4) is 11.3 Å². The van der Waals surface area contributed by atoms with E-state index >= 15 is 4.39 Å². The number of rotatable bonds is 7. The van der Waals surface area contributed by atoms with Crippen molar-refractivity contribution in [2.45, 2.75) is 96.2 Å². The van der Waals surface area contributed by atoms with Crippen molar-refractivity contribution in [3.63, 3.8) is 0 Å². The molecule has 4 aromatic rings. The Morgan fingerprint density at radius 3 is 2.40 bits per heavy atom. The van der Waals surface area contributed by atoms with E-state index in [4.69, 9.17) is 9.97 Å². The van der Waals surface area contributed by atoms with E-state index in [9.17, 15) is 14.4 Å². The number of nitrogens with one attached hydrogen (secondary N) is 2. The number of halogens is 1. The molecule has 1 spiro atoms. The highest BCUT2D eigenvalue weighted by atomic mass is 19.1. The molecule has 1 saturated carbocycles. The molecule has 1 aliphatic carbocycles. The van der Waals surface area contributed by atoms with Crippen LogP contribution >= 0.6 is 0 Å². The van der Waals surface area contributed by atoms with Gasteiger partial charge in [0.05, 0.1) is 28.6 Å². The summed E-state index contributed by atoms with van der Waals surface area (Å²) in [4.78, 5) is 56.0. The van der Waals surface area contributed by atoms with E-state index in [1.54, 1.807) is 27.2 Å². The Balaban J connectivity index is 1.20. The van der Waals surface area contributed by atoms with Crippen molar-refractivity contribution < 1.29 is 18.8 Å². The van der Waals surface area contributed by atoms with Gasteiger partial charge in [-0.05, 0) is 108 Å². The van der Waals surface area contributed by atoms with Gasteiger partial charge in [0.25, 0.3) is 5.91 Å². The SMILES string of the molecule is CNC(=O)c1cc(Nc2nc(-c3ccc4c(c3)N(C3CC(N5CCCCC5)C3)C(=O)C43CCN(C(C)=O)CC3)cc3ncn(C(C)C)c23)c(F)cc1C. The second kappa shape index (κ2) is 13.5. The minimum Gasteiger partial charge on any atom is -0.355 e. The van der Waals surface area contributed by atoms with Crippen molar-refractivity contribution in [1.29, 1.82) is 0 Å². The number of fused-ring (bicyclic) bond motifs is 3. The second-order valence-corrected chi connectivity index (χ2v) is 15.7. The number of carbonyl (C=O) groups is 3. The number of carbonyl (C=O) groups excluding carboxylic acids is 3. The maximum Gasteiger partial charge on any atom is 0.251 e. The molecule has 2 aromatic heterocycles. The number of benzene rings is 2. The van der Waals surface area contributed by atoms with Gasteiger partial charge in [-0.1, -0.05) is 18.6 Å². The fourth-order valence-electron chi connectivity index (χ4n) is 9.11. The molecule has 5 heterocycles. The third-order valence-electron chi connectivity index (χ3n) is 12.3. The Morgan fingerprint density at radius 1 is 0.981 bits per heavy atom. The minimum absolute atomic E-state index is 0.0438. The number of nitrogens with zero attached hydrogens (tertiary/aromatic N) is 6. The Kier molecular flexibility index (Phi) is 8.99. The number of imidazole rings is 1. The van der Waals surface area contributed by atoms with E-state index < -0.39 is 11.2 Å². The number of hydrogen-bond acceptors (Lipinski definition) is 7. The van der Waals surface area contributed by atoms with Gasteiger partial charge in [0.2, 0.25) is 11.8 Å². The summed E-state index contributed by atoms with van der Waals surface area (Å²) >= 11 is 0. The largest absolute Gasteiger partial charge is 0.355 e. The van der Waals surface area contributed by atoms with Crippen LogP contribution in [-0.2, 0) is 15.0 Å². The van der Waals surface area contributed by atoms with Gasteiger partial charge >= 0.3 is 0 Å². The van der Waals surface area contributed by atoms with Crippen LogP contribution in [0.2, 0.25) is 0 Å². The summed E-state index contributed by atoms with van der Waals surface area (Å²) in [6.45, 7) is 10.8. The molecule has 0 radical (unpaired) electrons. The topological polar surface area (TPSA) is 116 Å². The van der Waals surface area contributed by atoms with Gasteiger partial charge < -0.3 is 29.9 Å². The summed E-state index contributed by atoms with van der Waals surface area (Å²) in [5.41, 5.74) is 5.19. The van der Waals surface area contributed by atoms with E-state index in [1.807, 2.05) is 35.4 Å². The van der Waals surface area contributed by atoms with Crippen LogP contribution in [0.1, 0.15) is 93.2 Å². The van der Waals surface area contributed by atoms with Crippen LogP contribution in [0.15, 0.2) is 42.7 Å². The number of aromatic nitrogens is 3. The number of anilines is 3. The second-order valence-electron chi connectivity index (χ2n) is 15.7. The normalized spacial score (nSPS) is 21.3. The molecule has 4 aliphatic rings. The summed E-state index contributed by atoms with van der Waals surface area (Å²) in [6, 6.07) is 11.7. The smallest absolute Gasteiger partial charge is 0.251 e. The predicted octanol–water partition coefficient (Wildman–Crippen LogP) is 6.47. The van der Waals surface area contributed by atoms with Crippen molar-refractivity contribution in [3.05, 3.63) is 65.2 Å². The van der Waals surface area contributed by atoms with E-state index in [1.165, 1.54) is 31.4 Å². The van der Waals surface area contributed by atoms with E-state index in [-0.39, 0.29) is 35.5 Å². The van der Waals surface area contributed by atoms with Crippen LogP contribution < -0.4 is 15.5 Å². The first-order valence-corrected chi connectivity index (χ1v) is 19.1. The molecular formula is C41H49FN8O3. The van der Waals surface area contributed by atoms with Gasteiger partial charge in [-0.25, -0.2) is 14.4 Å². The highest BCUT2D eigenvalue weighted by Gasteiger charge is 2.55. The van der Waals surface area contributed by atoms with Gasteiger partial charge in [-0.15, -0.1) is 0 Å². The van der Waals surface area contributed by atoms with Crippen LogP contribution in [0.4, 0.5) is 21.6 Å². The zero-order valence-electron chi connectivity index (χ0n) is 31.3. The summed E-state index contributed by atoms with van der Waals surface area (Å²) < 4.78 is 17.5. The minimum atomic E-state index is -0.665. The summed E-state index contributed by atoms with van der Waals surface area (Å²) in [7, 11) is 1.55. The molecule has 278 valence electrons. The molecule has 0 unspecified atom stereocenters. The average Bonchev–Trinajstić information content (AvgIpc) is 3.67. The van der Waals surface area contributed by atoms with Crippen LogP contribution in [0.5, 0.6) is 0 Å². The van der Waals surface area contributed by atoms with Gasteiger partial charge in [-0.2, -0.15) is 0 Å². The first kappa shape index (κ1) is 35.2. The zero-order valence-corrected chi connectivity index (χ0v) is 31.3. The third kappa shape index (κ3) is 5.95. The van der Waals surface area contributed by atoms with Gasteiger partial charge in [0, 0.05) is 62.0 Å². The lowest BCUT2D eigenvalue weighted by Gasteiger charge is -2.48. The monoisotopic (exact) mass is 720 g/mol. The number of piperidine rings is 2. The van der Waals surface area contributed by atoms with Crippen LogP contribution in [-0.4, -0.2) is 87.4 Å². The van der Waals surface area contributed by atoms with E-state index in [0.717, 1.165) is 48.3 Å². The molecule has 0 bridgehead atoms. The Bertz CT molecular complexity index is 2110. The molecule has 53 heavy (non-hydrogen) atoms. The molecule has 11 nitrogen and oxygen atoms in total. The lowest BCUT2D eigenvalue weighted by molar-refractivity contribution is -0.134. The third-order valence-corrected chi connectivity index (χ3v) is 12.3. The Labute approximate surface area is 309 Å². The predicted molar refractivity (Wildman–Crippen MR) is 204 cm³/mol. The van der Waals surface area contributed by atoms with Crippen LogP contribution in [0, 0.1) is 12.7 Å². The highest BCUT2D eigenvalue weighted by Crippen LogP contribution is 2.52. The molecule has 8 rings (SSSR count). The van der Waals surface area contributed by atoms with Crippen molar-refractivity contribution in [2.24, 2.45) is 0 Å². The molecule has 3 amide bonds. The van der Waals surface area contributed by atoms with Crippen molar-refractivity contribution >= 4 is 45.9 Å². The first-order valence-electron chi connectivity index (χ1n) is 19.1. The maximum absolute atomic E-state index is 15.5. The summed E-state index contributed by atoms with van der Waals surface area (Å²) in [6.07, 6.45) is 8.64. The van der Waals surface area contributed by atoms with Crippen LogP contribution in [0.25, 0.3) is 22.3 Å². The molecule has 3 fully saturated rings. The average molecular weight is 721 g/mol. The first-order chi connectivity index (χ1) is 25.5. The molecule has 2 N–H and O–H groups in total. The molecular weight excluding hydrogens is 672 g/mol. The number of pyridine rings is 1. The maximum atomic E-state index is 15.5. The van der Waals surface area contributed by atoms with E-state index in [2.05, 4.69) is 32.6 Å². The van der Waals surface area contributed by atoms with Crippen molar-refractivity contribution in [1.82, 2.24) is 29.7 Å². The highest BCUT2D eigenvalue weighted by molar-refractivity contribution is 6.09. The number of likely N-dealkylation sites (tertiary alicyclic amines) is 2. The summed E-state index contributed by atoms with van der Waals surface area (Å²) in [5, 5.41) is 5.86. The van der Waals surface area contributed by atoms with Gasteiger partial charge in [0.15, 0.2) is 5.82 Å². The fraction of sp³-hybridized carbons (Fsp3) is 0.488. The number of aryl methyl sites for hydroxylation is 1. The molecule has 3 aliphatic heterocycles. The summed E-state index contributed by atoms with van der Waals surface area (Å²) in [5.74, 6) is -0.192. The quantitative estimate of drug-likeness (QED) is 0.225. The Morgan fingerprint density at radius 2 is 1.72 bits per heavy atom.